The Labute approximate surface area is 141 Å². The van der Waals surface area contributed by atoms with Crippen LogP contribution in [0.15, 0.2) is 0 Å². The molecular weight excluding hydrogens is 292 g/mol. The molecule has 0 spiro atoms. The Hall–Kier alpha value is -0.810. The van der Waals surface area contributed by atoms with Crippen LogP contribution in [0, 0.1) is 5.41 Å². The SMILES string of the molecule is CCOC1CC(NC(CC)CNC(=O)OC(C)(C)C)C1(C)CC. The van der Waals surface area contributed by atoms with Gasteiger partial charge in [-0.2, -0.15) is 0 Å². The van der Waals surface area contributed by atoms with E-state index in [4.69, 9.17) is 9.47 Å². The highest BCUT2D eigenvalue weighted by atomic mass is 16.6. The second kappa shape index (κ2) is 8.34. The van der Waals surface area contributed by atoms with Gasteiger partial charge in [0.1, 0.15) is 5.60 Å². The van der Waals surface area contributed by atoms with Crippen LogP contribution in [0.25, 0.3) is 0 Å². The summed E-state index contributed by atoms with van der Waals surface area (Å²) in [4.78, 5) is 11.8. The van der Waals surface area contributed by atoms with Crippen molar-refractivity contribution in [3.63, 3.8) is 0 Å². The van der Waals surface area contributed by atoms with Crippen LogP contribution >= 0.6 is 0 Å². The van der Waals surface area contributed by atoms with Gasteiger partial charge in [-0.05, 0) is 47.0 Å². The predicted molar refractivity (Wildman–Crippen MR) is 93.7 cm³/mol. The zero-order valence-electron chi connectivity index (χ0n) is 16.0. The molecule has 0 aromatic carbocycles. The van der Waals surface area contributed by atoms with E-state index in [1.807, 2.05) is 20.8 Å². The van der Waals surface area contributed by atoms with Crippen LogP contribution in [0.1, 0.15) is 67.7 Å². The fraction of sp³-hybridized carbons (Fsp3) is 0.944. The van der Waals surface area contributed by atoms with Crippen LogP contribution < -0.4 is 10.6 Å². The number of rotatable bonds is 8. The zero-order chi connectivity index (χ0) is 17.7. The first-order chi connectivity index (χ1) is 10.7. The van der Waals surface area contributed by atoms with E-state index in [1.165, 1.54) is 0 Å². The minimum absolute atomic E-state index is 0.176. The fourth-order valence-corrected chi connectivity index (χ4v) is 3.13. The second-order valence-corrected chi connectivity index (χ2v) is 7.75. The molecule has 1 amide bonds. The molecule has 1 rings (SSSR count). The number of alkyl carbamates (subject to hydrolysis) is 1. The smallest absolute Gasteiger partial charge is 0.407 e. The Morgan fingerprint density at radius 3 is 2.43 bits per heavy atom. The van der Waals surface area contributed by atoms with Crippen LogP contribution in [0.5, 0.6) is 0 Å². The molecule has 1 aliphatic rings. The molecule has 5 nitrogen and oxygen atoms in total. The Bertz CT molecular complexity index is 381. The van der Waals surface area contributed by atoms with E-state index < -0.39 is 5.60 Å². The molecule has 0 heterocycles. The first kappa shape index (κ1) is 20.2. The lowest BCUT2D eigenvalue weighted by atomic mass is 9.61. The molecule has 23 heavy (non-hydrogen) atoms. The lowest BCUT2D eigenvalue weighted by Crippen LogP contribution is -2.64. The van der Waals surface area contributed by atoms with E-state index in [9.17, 15) is 4.79 Å². The lowest BCUT2D eigenvalue weighted by Gasteiger charge is -2.54. The highest BCUT2D eigenvalue weighted by Crippen LogP contribution is 2.46. The molecule has 0 saturated heterocycles. The summed E-state index contributed by atoms with van der Waals surface area (Å²) < 4.78 is 11.1. The van der Waals surface area contributed by atoms with E-state index in [2.05, 4.69) is 38.3 Å². The topological polar surface area (TPSA) is 59.6 Å². The summed E-state index contributed by atoms with van der Waals surface area (Å²) in [6, 6.07) is 0.690. The highest BCUT2D eigenvalue weighted by molar-refractivity contribution is 5.67. The van der Waals surface area contributed by atoms with Crippen LogP contribution in [-0.4, -0.2) is 43.0 Å². The fourth-order valence-electron chi connectivity index (χ4n) is 3.13. The maximum absolute atomic E-state index is 11.8. The molecule has 2 N–H and O–H groups in total. The van der Waals surface area contributed by atoms with Crippen molar-refractivity contribution in [1.82, 2.24) is 10.6 Å². The zero-order valence-corrected chi connectivity index (χ0v) is 16.0. The van der Waals surface area contributed by atoms with E-state index in [1.54, 1.807) is 0 Å². The average Bonchev–Trinajstić information content (AvgIpc) is 2.46. The molecule has 0 aromatic rings. The third-order valence-electron chi connectivity index (χ3n) is 4.93. The molecule has 1 aliphatic carbocycles. The first-order valence-corrected chi connectivity index (χ1v) is 9.00. The van der Waals surface area contributed by atoms with Crippen LogP contribution in [0.2, 0.25) is 0 Å². The van der Waals surface area contributed by atoms with Crippen molar-refractivity contribution in [2.75, 3.05) is 13.2 Å². The quantitative estimate of drug-likeness (QED) is 0.716. The van der Waals surface area contributed by atoms with Gasteiger partial charge in [-0.15, -0.1) is 0 Å². The van der Waals surface area contributed by atoms with Gasteiger partial charge >= 0.3 is 6.09 Å². The molecule has 0 aromatic heterocycles. The summed E-state index contributed by atoms with van der Waals surface area (Å²) in [5.41, 5.74) is -0.284. The molecule has 1 saturated carbocycles. The van der Waals surface area contributed by atoms with Crippen LogP contribution in [0.3, 0.4) is 0 Å². The molecular formula is C18H36N2O3. The van der Waals surface area contributed by atoms with Gasteiger partial charge in [0.05, 0.1) is 6.10 Å². The number of carbonyl (C=O) groups excluding carboxylic acids is 1. The number of carbonyl (C=O) groups is 1. The Morgan fingerprint density at radius 1 is 1.30 bits per heavy atom. The molecule has 0 aliphatic heterocycles. The van der Waals surface area contributed by atoms with E-state index >= 15 is 0 Å². The van der Waals surface area contributed by atoms with Gasteiger partial charge in [0.2, 0.25) is 0 Å². The van der Waals surface area contributed by atoms with E-state index in [0.717, 1.165) is 25.9 Å². The van der Waals surface area contributed by atoms with Crippen LogP contribution in [0.4, 0.5) is 4.79 Å². The van der Waals surface area contributed by atoms with Crippen molar-refractivity contribution in [3.05, 3.63) is 0 Å². The molecule has 1 fully saturated rings. The largest absolute Gasteiger partial charge is 0.444 e. The second-order valence-electron chi connectivity index (χ2n) is 7.75. The minimum Gasteiger partial charge on any atom is -0.444 e. The Kier molecular flexibility index (Phi) is 7.33. The van der Waals surface area contributed by atoms with Gasteiger partial charge in [-0.3, -0.25) is 0 Å². The summed E-state index contributed by atoms with van der Waals surface area (Å²) in [6.45, 7) is 15.7. The monoisotopic (exact) mass is 328 g/mol. The number of hydrogen-bond donors (Lipinski definition) is 2. The summed E-state index contributed by atoms with van der Waals surface area (Å²) >= 11 is 0. The van der Waals surface area contributed by atoms with Crippen LogP contribution in [-0.2, 0) is 9.47 Å². The summed E-state index contributed by atoms with van der Waals surface area (Å²) in [5.74, 6) is 0. The summed E-state index contributed by atoms with van der Waals surface area (Å²) in [6.07, 6.45) is 3.08. The minimum atomic E-state index is -0.460. The predicted octanol–water partition coefficient (Wildman–Crippen LogP) is 3.47. The molecule has 4 unspecified atom stereocenters. The van der Waals surface area contributed by atoms with Gasteiger partial charge < -0.3 is 20.1 Å². The van der Waals surface area contributed by atoms with Crippen molar-refractivity contribution in [1.29, 1.82) is 0 Å². The normalized spacial score (nSPS) is 28.8. The number of nitrogens with one attached hydrogen (secondary N) is 2. The third kappa shape index (κ3) is 5.64. The number of hydrogen-bond acceptors (Lipinski definition) is 4. The van der Waals surface area contributed by atoms with Gasteiger partial charge in [-0.1, -0.05) is 20.8 Å². The molecule has 5 heteroatoms. The standard InChI is InChI=1S/C18H36N2O3/c1-8-13(12-19-16(21)23-17(4,5)6)20-14-11-15(22-10-3)18(14,7)9-2/h13-15,20H,8-12H2,1-7H3,(H,19,21). The summed E-state index contributed by atoms with van der Waals surface area (Å²) in [5, 5.41) is 6.57. The molecule has 136 valence electrons. The third-order valence-corrected chi connectivity index (χ3v) is 4.93. The van der Waals surface area contributed by atoms with E-state index in [0.29, 0.717) is 18.7 Å². The first-order valence-electron chi connectivity index (χ1n) is 9.00. The van der Waals surface area contributed by atoms with Gasteiger partial charge in [0.15, 0.2) is 0 Å². The highest BCUT2D eigenvalue weighted by Gasteiger charge is 2.51. The Morgan fingerprint density at radius 2 is 1.96 bits per heavy atom. The summed E-state index contributed by atoms with van der Waals surface area (Å²) in [7, 11) is 0. The average molecular weight is 328 g/mol. The van der Waals surface area contributed by atoms with Gasteiger partial charge in [0.25, 0.3) is 0 Å². The van der Waals surface area contributed by atoms with Crippen molar-refractivity contribution in [3.8, 4) is 0 Å². The van der Waals surface area contributed by atoms with Crippen molar-refractivity contribution in [2.24, 2.45) is 5.41 Å². The van der Waals surface area contributed by atoms with Gasteiger partial charge in [0, 0.05) is 30.7 Å². The molecule has 0 bridgehead atoms. The lowest BCUT2D eigenvalue weighted by molar-refractivity contribution is -0.128. The molecule has 0 radical (unpaired) electrons. The number of ether oxygens (including phenoxy) is 2. The van der Waals surface area contributed by atoms with Crippen molar-refractivity contribution < 1.29 is 14.3 Å². The van der Waals surface area contributed by atoms with E-state index in [-0.39, 0.29) is 17.6 Å². The number of amides is 1. The van der Waals surface area contributed by atoms with Crippen molar-refractivity contribution in [2.45, 2.75) is 91.5 Å². The maximum Gasteiger partial charge on any atom is 0.407 e. The Balaban J connectivity index is 2.46. The van der Waals surface area contributed by atoms with Gasteiger partial charge in [-0.25, -0.2) is 4.79 Å². The van der Waals surface area contributed by atoms with Crippen molar-refractivity contribution >= 4 is 6.09 Å². The maximum atomic E-state index is 11.8. The molecule has 4 atom stereocenters.